The minimum absolute atomic E-state index is 0.147. The van der Waals surface area contributed by atoms with Crippen LogP contribution in [-0.4, -0.2) is 36.0 Å². The van der Waals surface area contributed by atoms with E-state index in [2.05, 4.69) is 29.4 Å². The molecule has 1 saturated heterocycles. The van der Waals surface area contributed by atoms with Crippen LogP contribution in [0.5, 0.6) is 0 Å². The van der Waals surface area contributed by atoms with E-state index in [1.807, 2.05) is 0 Å². The Balaban J connectivity index is 1.47. The van der Waals surface area contributed by atoms with Crippen molar-refractivity contribution in [2.75, 3.05) is 13.1 Å². The number of thiophene rings is 1. The molecule has 1 fully saturated rings. The first-order valence-corrected chi connectivity index (χ1v) is 10.7. The molecule has 3 nitrogen and oxygen atoms in total. The zero-order valence-corrected chi connectivity index (χ0v) is 16.1. The van der Waals surface area contributed by atoms with Crippen LogP contribution in [0.2, 0.25) is 0 Å². The number of fused-ring (bicyclic) bond motifs is 1. The van der Waals surface area contributed by atoms with Crippen molar-refractivity contribution in [2.24, 2.45) is 0 Å². The fraction of sp³-hybridized carbons (Fsp3) is 0.750. The van der Waals surface area contributed by atoms with Gasteiger partial charge in [-0.15, -0.1) is 11.3 Å². The number of piperidine rings is 1. The van der Waals surface area contributed by atoms with Crippen molar-refractivity contribution in [2.45, 2.75) is 83.7 Å². The molecule has 1 aliphatic heterocycles. The van der Waals surface area contributed by atoms with E-state index in [1.54, 1.807) is 11.3 Å². The van der Waals surface area contributed by atoms with E-state index < -0.39 is 0 Å². The van der Waals surface area contributed by atoms with Crippen LogP contribution in [0.25, 0.3) is 0 Å². The number of aryl methyl sites for hydroxylation is 1. The minimum atomic E-state index is 0.147. The van der Waals surface area contributed by atoms with Gasteiger partial charge in [-0.2, -0.15) is 0 Å². The van der Waals surface area contributed by atoms with Crippen LogP contribution < -0.4 is 5.32 Å². The Kier molecular flexibility index (Phi) is 6.34. The largest absolute Gasteiger partial charge is 0.352 e. The number of hydrogen-bond acceptors (Lipinski definition) is 3. The third kappa shape index (κ3) is 4.20. The van der Waals surface area contributed by atoms with Crippen molar-refractivity contribution in [3.05, 3.63) is 21.4 Å². The molecule has 0 radical (unpaired) electrons. The molecule has 0 unspecified atom stereocenters. The molecule has 2 aliphatic rings. The summed E-state index contributed by atoms with van der Waals surface area (Å²) >= 11 is 1.79. The second kappa shape index (κ2) is 8.48. The lowest BCUT2D eigenvalue weighted by molar-refractivity contribution is 0.0925. The van der Waals surface area contributed by atoms with Gasteiger partial charge in [0.15, 0.2) is 0 Å². The zero-order chi connectivity index (χ0) is 16.9. The molecule has 2 heterocycles. The number of rotatable bonds is 5. The average Bonchev–Trinajstić information content (AvgIpc) is 2.82. The molecule has 4 heteroatoms. The summed E-state index contributed by atoms with van der Waals surface area (Å²) in [6.07, 6.45) is 11.1. The molecule has 3 rings (SSSR count). The molecule has 0 aromatic carbocycles. The van der Waals surface area contributed by atoms with Gasteiger partial charge in [0.05, 0.1) is 5.56 Å². The summed E-state index contributed by atoms with van der Waals surface area (Å²) < 4.78 is 0. The van der Waals surface area contributed by atoms with Crippen molar-refractivity contribution in [3.8, 4) is 0 Å². The van der Waals surface area contributed by atoms with Crippen molar-refractivity contribution in [1.82, 2.24) is 10.2 Å². The van der Waals surface area contributed by atoms with Crippen LogP contribution in [0.4, 0.5) is 0 Å². The second-order valence-corrected chi connectivity index (χ2v) is 8.55. The van der Waals surface area contributed by atoms with E-state index >= 15 is 0 Å². The smallest absolute Gasteiger partial charge is 0.252 e. The highest BCUT2D eigenvalue weighted by molar-refractivity contribution is 7.10. The molecule has 0 spiro atoms. The number of nitrogens with one attached hydrogen (secondary N) is 1. The zero-order valence-electron chi connectivity index (χ0n) is 15.3. The highest BCUT2D eigenvalue weighted by atomic mass is 32.1. The van der Waals surface area contributed by atoms with Crippen molar-refractivity contribution >= 4 is 17.2 Å². The van der Waals surface area contributed by atoms with E-state index in [1.165, 1.54) is 49.0 Å². The fourth-order valence-corrected chi connectivity index (χ4v) is 5.46. The Morgan fingerprint density at radius 3 is 2.71 bits per heavy atom. The lowest BCUT2D eigenvalue weighted by Crippen LogP contribution is -2.44. The summed E-state index contributed by atoms with van der Waals surface area (Å²) in [5.41, 5.74) is 2.30. The lowest BCUT2D eigenvalue weighted by Gasteiger charge is -2.39. The molecule has 1 aliphatic carbocycles. The fourth-order valence-electron chi connectivity index (χ4n) is 4.34. The van der Waals surface area contributed by atoms with E-state index in [9.17, 15) is 4.79 Å². The van der Waals surface area contributed by atoms with E-state index in [-0.39, 0.29) is 5.91 Å². The maximum atomic E-state index is 12.6. The van der Waals surface area contributed by atoms with Crippen LogP contribution >= 0.6 is 11.3 Å². The molecular formula is C20H32N2OS. The Morgan fingerprint density at radius 1 is 1.17 bits per heavy atom. The quantitative estimate of drug-likeness (QED) is 0.632. The monoisotopic (exact) mass is 348 g/mol. The van der Waals surface area contributed by atoms with Crippen LogP contribution in [0.1, 0.15) is 79.6 Å². The van der Waals surface area contributed by atoms with Crippen LogP contribution in [0, 0.1) is 0 Å². The normalized spacial score (nSPS) is 25.1. The maximum absolute atomic E-state index is 12.6. The first-order valence-electron chi connectivity index (χ1n) is 9.80. The third-order valence-electron chi connectivity index (χ3n) is 5.81. The Labute approximate surface area is 150 Å². The van der Waals surface area contributed by atoms with Gasteiger partial charge in [-0.3, -0.25) is 9.69 Å². The molecule has 134 valence electrons. The molecule has 0 saturated carbocycles. The van der Waals surface area contributed by atoms with Crippen LogP contribution in [0.3, 0.4) is 0 Å². The number of amides is 1. The molecule has 1 aromatic rings. The third-order valence-corrected chi connectivity index (χ3v) is 6.90. The molecule has 24 heavy (non-hydrogen) atoms. The summed E-state index contributed by atoms with van der Waals surface area (Å²) in [6.45, 7) is 6.58. The summed E-state index contributed by atoms with van der Waals surface area (Å²) in [6, 6.07) is 1.38. The number of nitrogens with zero attached hydrogens (tertiary/aromatic N) is 1. The molecule has 1 N–H and O–H groups in total. The number of hydrogen-bond donors (Lipinski definition) is 1. The molecule has 1 amide bonds. The standard InChI is InChI=1S/C20H32N2OS/c1-15-8-6-9-16(2)22(15)13-7-12-21-20(23)18-14-24-19-11-5-3-4-10-17(18)19/h14-16H,3-13H2,1-2H3,(H,21,23)/t15-,16-/m0/s1. The highest BCUT2D eigenvalue weighted by Gasteiger charge is 2.24. The van der Waals surface area contributed by atoms with Gasteiger partial charge in [-0.1, -0.05) is 12.8 Å². The Morgan fingerprint density at radius 2 is 1.92 bits per heavy atom. The summed E-state index contributed by atoms with van der Waals surface area (Å²) in [5, 5.41) is 5.25. The number of carbonyl (C=O) groups excluding carboxylic acids is 1. The van der Waals surface area contributed by atoms with Gasteiger partial charge in [0.2, 0.25) is 0 Å². The SMILES string of the molecule is C[C@H]1CCC[C@H](C)N1CCCNC(=O)c1csc2c1CCCCC2. The van der Waals surface area contributed by atoms with Crippen LogP contribution in [0.15, 0.2) is 5.38 Å². The lowest BCUT2D eigenvalue weighted by atomic mass is 9.97. The van der Waals surface area contributed by atoms with E-state index in [4.69, 9.17) is 0 Å². The molecular weight excluding hydrogens is 316 g/mol. The van der Waals surface area contributed by atoms with Gasteiger partial charge in [-0.05, 0) is 64.4 Å². The number of likely N-dealkylation sites (tertiary alicyclic amines) is 1. The number of carbonyl (C=O) groups is 1. The van der Waals surface area contributed by atoms with Gasteiger partial charge in [-0.25, -0.2) is 0 Å². The summed E-state index contributed by atoms with van der Waals surface area (Å²) in [4.78, 5) is 16.6. The van der Waals surface area contributed by atoms with E-state index in [0.29, 0.717) is 12.1 Å². The highest BCUT2D eigenvalue weighted by Crippen LogP contribution is 2.29. The first-order chi connectivity index (χ1) is 11.7. The topological polar surface area (TPSA) is 32.3 Å². The minimum Gasteiger partial charge on any atom is -0.352 e. The summed E-state index contributed by atoms with van der Waals surface area (Å²) in [7, 11) is 0. The van der Waals surface area contributed by atoms with Crippen molar-refractivity contribution in [3.63, 3.8) is 0 Å². The summed E-state index contributed by atoms with van der Waals surface area (Å²) in [5.74, 6) is 0.147. The average molecular weight is 349 g/mol. The van der Waals surface area contributed by atoms with Gasteiger partial charge in [0.1, 0.15) is 0 Å². The molecule has 0 bridgehead atoms. The first kappa shape index (κ1) is 17.9. The van der Waals surface area contributed by atoms with Crippen molar-refractivity contribution in [1.29, 1.82) is 0 Å². The van der Waals surface area contributed by atoms with Gasteiger partial charge >= 0.3 is 0 Å². The van der Waals surface area contributed by atoms with Crippen molar-refractivity contribution < 1.29 is 4.79 Å². The van der Waals surface area contributed by atoms with Gasteiger partial charge < -0.3 is 5.32 Å². The maximum Gasteiger partial charge on any atom is 0.252 e. The van der Waals surface area contributed by atoms with Crippen LogP contribution in [-0.2, 0) is 12.8 Å². The molecule has 1 aromatic heterocycles. The van der Waals surface area contributed by atoms with Gasteiger partial charge in [0, 0.05) is 35.4 Å². The second-order valence-electron chi connectivity index (χ2n) is 7.59. The predicted molar refractivity (Wildman–Crippen MR) is 102 cm³/mol. The van der Waals surface area contributed by atoms with Gasteiger partial charge in [0.25, 0.3) is 5.91 Å². The Bertz CT molecular complexity index is 544. The molecule has 2 atom stereocenters. The Hall–Kier alpha value is -0.870. The van der Waals surface area contributed by atoms with E-state index in [0.717, 1.165) is 37.9 Å². The predicted octanol–water partition coefficient (Wildman–Crippen LogP) is 4.40.